The van der Waals surface area contributed by atoms with Gasteiger partial charge in [-0.3, -0.25) is 4.57 Å². The van der Waals surface area contributed by atoms with Crippen molar-refractivity contribution in [1.82, 2.24) is 24.5 Å². The number of rotatable bonds is 7. The van der Waals surface area contributed by atoms with Crippen LogP contribution in [0.15, 0.2) is 18.7 Å². The van der Waals surface area contributed by atoms with Crippen LogP contribution in [0.25, 0.3) is 5.95 Å². The highest BCUT2D eigenvalue weighted by Crippen LogP contribution is 2.48. The largest absolute Gasteiger partial charge is 0.396 e. The van der Waals surface area contributed by atoms with Gasteiger partial charge in [0.25, 0.3) is 0 Å². The van der Waals surface area contributed by atoms with Gasteiger partial charge in [0.05, 0.1) is 0 Å². The zero-order valence-electron chi connectivity index (χ0n) is 12.0. The summed E-state index contributed by atoms with van der Waals surface area (Å²) in [6, 6.07) is 0. The van der Waals surface area contributed by atoms with Crippen molar-refractivity contribution in [3.05, 3.63) is 18.7 Å². The first-order chi connectivity index (χ1) is 10.2. The molecule has 1 aliphatic carbocycles. The van der Waals surface area contributed by atoms with Gasteiger partial charge in [0, 0.05) is 32.6 Å². The standard InChI is InChI=1S/C13H19N7O/c1-14-10-17-11(16-8-13(2-3-13)4-7-21)19-12(18-10)20-6-5-15-9-20/h5-6,9,21H,2-4,7-8H2,1H3,(H2,14,16,17,18,19). The molecular weight excluding hydrogens is 270 g/mol. The fourth-order valence-corrected chi connectivity index (χ4v) is 2.24. The van der Waals surface area contributed by atoms with Crippen molar-refractivity contribution < 1.29 is 5.11 Å². The van der Waals surface area contributed by atoms with Crippen molar-refractivity contribution >= 4 is 11.9 Å². The third-order valence-corrected chi connectivity index (χ3v) is 3.80. The lowest BCUT2D eigenvalue weighted by atomic mass is 10.0. The Morgan fingerprint density at radius 3 is 2.71 bits per heavy atom. The summed E-state index contributed by atoms with van der Waals surface area (Å²) >= 11 is 0. The summed E-state index contributed by atoms with van der Waals surface area (Å²) in [5, 5.41) is 15.3. The molecule has 2 aromatic rings. The normalized spacial score (nSPS) is 15.7. The first-order valence-electron chi connectivity index (χ1n) is 7.02. The van der Waals surface area contributed by atoms with E-state index in [0.29, 0.717) is 17.8 Å². The van der Waals surface area contributed by atoms with Crippen molar-refractivity contribution in [2.24, 2.45) is 5.41 Å². The molecule has 0 aromatic carbocycles. The molecule has 1 fully saturated rings. The van der Waals surface area contributed by atoms with Gasteiger partial charge < -0.3 is 15.7 Å². The molecule has 3 N–H and O–H groups in total. The highest BCUT2D eigenvalue weighted by atomic mass is 16.3. The van der Waals surface area contributed by atoms with Crippen LogP contribution in [-0.4, -0.2) is 49.8 Å². The topological polar surface area (TPSA) is 101 Å². The minimum atomic E-state index is 0.205. The smallest absolute Gasteiger partial charge is 0.241 e. The summed E-state index contributed by atoms with van der Waals surface area (Å²) in [7, 11) is 1.77. The lowest BCUT2D eigenvalue weighted by Gasteiger charge is -2.15. The van der Waals surface area contributed by atoms with E-state index in [2.05, 4.69) is 30.6 Å². The quantitative estimate of drug-likeness (QED) is 0.688. The van der Waals surface area contributed by atoms with Gasteiger partial charge in [-0.15, -0.1) is 0 Å². The molecule has 0 amide bonds. The number of nitrogens with zero attached hydrogens (tertiary/aromatic N) is 5. The number of aliphatic hydroxyl groups excluding tert-OH is 1. The number of aliphatic hydroxyl groups is 1. The molecule has 112 valence electrons. The molecule has 0 radical (unpaired) electrons. The monoisotopic (exact) mass is 289 g/mol. The second-order valence-corrected chi connectivity index (χ2v) is 5.33. The predicted molar refractivity (Wildman–Crippen MR) is 78.4 cm³/mol. The average molecular weight is 289 g/mol. The van der Waals surface area contributed by atoms with E-state index in [1.165, 1.54) is 0 Å². The van der Waals surface area contributed by atoms with E-state index < -0.39 is 0 Å². The van der Waals surface area contributed by atoms with Crippen LogP contribution in [0.4, 0.5) is 11.9 Å². The highest BCUT2D eigenvalue weighted by Gasteiger charge is 2.41. The van der Waals surface area contributed by atoms with Gasteiger partial charge in [-0.2, -0.15) is 15.0 Å². The van der Waals surface area contributed by atoms with Crippen molar-refractivity contribution in [2.45, 2.75) is 19.3 Å². The van der Waals surface area contributed by atoms with Crippen molar-refractivity contribution in [3.8, 4) is 5.95 Å². The highest BCUT2D eigenvalue weighted by molar-refractivity contribution is 5.38. The van der Waals surface area contributed by atoms with Crippen molar-refractivity contribution in [3.63, 3.8) is 0 Å². The van der Waals surface area contributed by atoms with E-state index in [0.717, 1.165) is 25.8 Å². The molecule has 0 spiro atoms. The molecular formula is C13H19N7O. The van der Waals surface area contributed by atoms with E-state index in [1.54, 1.807) is 30.3 Å². The molecule has 21 heavy (non-hydrogen) atoms. The van der Waals surface area contributed by atoms with E-state index in [9.17, 15) is 0 Å². The van der Waals surface area contributed by atoms with Gasteiger partial charge in [-0.1, -0.05) is 0 Å². The van der Waals surface area contributed by atoms with Crippen LogP contribution in [0.1, 0.15) is 19.3 Å². The Hall–Kier alpha value is -2.22. The second kappa shape index (κ2) is 5.65. The SMILES string of the molecule is CNc1nc(NCC2(CCO)CC2)nc(-n2ccnc2)n1. The number of imidazole rings is 1. The minimum Gasteiger partial charge on any atom is -0.396 e. The zero-order chi connectivity index (χ0) is 14.7. The van der Waals surface area contributed by atoms with E-state index in [1.807, 2.05) is 0 Å². The molecule has 0 atom stereocenters. The van der Waals surface area contributed by atoms with Crippen LogP contribution in [-0.2, 0) is 0 Å². The lowest BCUT2D eigenvalue weighted by molar-refractivity contribution is 0.253. The molecule has 1 saturated carbocycles. The van der Waals surface area contributed by atoms with Crippen molar-refractivity contribution in [1.29, 1.82) is 0 Å². The van der Waals surface area contributed by atoms with Crippen LogP contribution in [0.2, 0.25) is 0 Å². The van der Waals surface area contributed by atoms with Crippen LogP contribution < -0.4 is 10.6 Å². The average Bonchev–Trinajstić information content (AvgIpc) is 3.05. The number of hydrogen-bond donors (Lipinski definition) is 3. The van der Waals surface area contributed by atoms with Crippen LogP contribution in [0.5, 0.6) is 0 Å². The molecule has 3 rings (SSSR count). The summed E-state index contributed by atoms with van der Waals surface area (Å²) in [4.78, 5) is 17.0. The molecule has 1 aliphatic rings. The first-order valence-corrected chi connectivity index (χ1v) is 7.02. The van der Waals surface area contributed by atoms with Gasteiger partial charge in [-0.25, -0.2) is 4.98 Å². The van der Waals surface area contributed by atoms with E-state index in [-0.39, 0.29) is 12.0 Å². The number of aromatic nitrogens is 5. The molecule has 2 heterocycles. The van der Waals surface area contributed by atoms with E-state index in [4.69, 9.17) is 5.11 Å². The Labute approximate surface area is 122 Å². The summed E-state index contributed by atoms with van der Waals surface area (Å²) in [6.07, 6.45) is 8.20. The molecule has 8 nitrogen and oxygen atoms in total. The molecule has 0 unspecified atom stereocenters. The maximum Gasteiger partial charge on any atom is 0.241 e. The van der Waals surface area contributed by atoms with Crippen LogP contribution >= 0.6 is 0 Å². The fourth-order valence-electron chi connectivity index (χ4n) is 2.24. The molecule has 8 heteroatoms. The maximum absolute atomic E-state index is 9.10. The summed E-state index contributed by atoms with van der Waals surface area (Å²) in [6.45, 7) is 0.991. The van der Waals surface area contributed by atoms with Gasteiger partial charge >= 0.3 is 0 Å². The summed E-state index contributed by atoms with van der Waals surface area (Å²) in [5.41, 5.74) is 0.205. The third kappa shape index (κ3) is 3.10. The Morgan fingerprint density at radius 2 is 2.10 bits per heavy atom. The Morgan fingerprint density at radius 1 is 1.29 bits per heavy atom. The number of anilines is 2. The van der Waals surface area contributed by atoms with Crippen LogP contribution in [0.3, 0.4) is 0 Å². The molecule has 0 bridgehead atoms. The Kier molecular flexibility index (Phi) is 3.70. The lowest BCUT2D eigenvalue weighted by Crippen LogP contribution is -2.19. The minimum absolute atomic E-state index is 0.205. The Balaban J connectivity index is 1.77. The fraction of sp³-hybridized carbons (Fsp3) is 0.538. The van der Waals surface area contributed by atoms with Gasteiger partial charge in [-0.05, 0) is 24.7 Å². The number of nitrogens with one attached hydrogen (secondary N) is 2. The van der Waals surface area contributed by atoms with Gasteiger partial charge in [0.2, 0.25) is 17.8 Å². The second-order valence-electron chi connectivity index (χ2n) is 5.33. The predicted octanol–water partition coefficient (Wildman–Crippen LogP) is 0.673. The zero-order valence-corrected chi connectivity index (χ0v) is 12.0. The van der Waals surface area contributed by atoms with Gasteiger partial charge in [0.15, 0.2) is 0 Å². The molecule has 0 aliphatic heterocycles. The van der Waals surface area contributed by atoms with Gasteiger partial charge in [0.1, 0.15) is 6.33 Å². The molecule has 2 aromatic heterocycles. The summed E-state index contributed by atoms with van der Waals surface area (Å²) in [5.74, 6) is 1.55. The Bertz CT molecular complexity index is 595. The maximum atomic E-state index is 9.10. The number of hydrogen-bond acceptors (Lipinski definition) is 7. The van der Waals surface area contributed by atoms with Crippen molar-refractivity contribution in [2.75, 3.05) is 30.8 Å². The summed E-state index contributed by atoms with van der Waals surface area (Å²) < 4.78 is 1.73. The van der Waals surface area contributed by atoms with E-state index >= 15 is 0 Å². The van der Waals surface area contributed by atoms with Crippen LogP contribution in [0, 0.1) is 5.41 Å². The molecule has 0 saturated heterocycles. The first kappa shape index (κ1) is 13.7. The third-order valence-electron chi connectivity index (χ3n) is 3.80.